The highest BCUT2D eigenvalue weighted by Gasteiger charge is 2.21. The van der Waals surface area contributed by atoms with Crippen LogP contribution in [0.5, 0.6) is 0 Å². The molecular formula is C15H18F2N2S. The van der Waals surface area contributed by atoms with E-state index in [0.717, 1.165) is 10.7 Å². The summed E-state index contributed by atoms with van der Waals surface area (Å²) in [6.07, 6.45) is -2.48. The number of rotatable bonds is 3. The number of thiazole rings is 1. The lowest BCUT2D eigenvalue weighted by atomic mass is 9.93. The molecule has 0 saturated heterocycles. The fourth-order valence-electron chi connectivity index (χ4n) is 1.81. The van der Waals surface area contributed by atoms with E-state index in [0.29, 0.717) is 5.56 Å². The minimum atomic E-state index is -2.48. The van der Waals surface area contributed by atoms with Crippen molar-refractivity contribution in [3.05, 3.63) is 51.5 Å². The second-order valence-corrected chi connectivity index (χ2v) is 6.66. The maximum atomic E-state index is 12.7. The number of hydrogen-bond donors (Lipinski definition) is 1. The van der Waals surface area contributed by atoms with Crippen LogP contribution in [0.3, 0.4) is 0 Å². The third-order valence-electron chi connectivity index (χ3n) is 3.08. The molecule has 1 aromatic heterocycles. The molecule has 5 heteroatoms. The fraction of sp³-hybridized carbons (Fsp3) is 0.400. The number of nitrogens with two attached hydrogens (primary N) is 1. The second kappa shape index (κ2) is 5.58. The van der Waals surface area contributed by atoms with E-state index >= 15 is 0 Å². The van der Waals surface area contributed by atoms with Crippen LogP contribution in [0.4, 0.5) is 8.78 Å². The predicted molar refractivity (Wildman–Crippen MR) is 78.2 cm³/mol. The summed E-state index contributed by atoms with van der Waals surface area (Å²) in [7, 11) is 0. The lowest BCUT2D eigenvalue weighted by Crippen LogP contribution is -2.15. The van der Waals surface area contributed by atoms with Gasteiger partial charge in [-0.25, -0.2) is 13.8 Å². The normalized spacial score (nSPS) is 13.8. The van der Waals surface area contributed by atoms with Gasteiger partial charge >= 0.3 is 0 Å². The average Bonchev–Trinajstić information content (AvgIpc) is 2.87. The van der Waals surface area contributed by atoms with E-state index in [1.807, 2.05) is 5.38 Å². The zero-order chi connectivity index (χ0) is 14.9. The number of nitrogens with zero attached hydrogens (tertiary/aromatic N) is 1. The molecule has 1 atom stereocenters. The Labute approximate surface area is 121 Å². The second-order valence-electron chi connectivity index (χ2n) is 5.77. The highest BCUT2D eigenvalue weighted by molar-refractivity contribution is 7.09. The predicted octanol–water partition coefficient (Wildman–Crippen LogP) is 4.43. The largest absolute Gasteiger partial charge is 0.318 e. The zero-order valence-electron chi connectivity index (χ0n) is 11.7. The lowest BCUT2D eigenvalue weighted by Gasteiger charge is -2.15. The molecule has 0 amide bonds. The molecule has 0 aliphatic heterocycles. The zero-order valence-corrected chi connectivity index (χ0v) is 12.5. The van der Waals surface area contributed by atoms with Crippen molar-refractivity contribution in [3.8, 4) is 0 Å². The number of alkyl halides is 2. The van der Waals surface area contributed by atoms with Gasteiger partial charge in [-0.2, -0.15) is 0 Å². The van der Waals surface area contributed by atoms with Gasteiger partial charge in [-0.3, -0.25) is 0 Å². The van der Waals surface area contributed by atoms with Crippen molar-refractivity contribution in [2.75, 3.05) is 0 Å². The Morgan fingerprint density at radius 2 is 1.85 bits per heavy atom. The van der Waals surface area contributed by atoms with Crippen LogP contribution in [-0.2, 0) is 5.41 Å². The van der Waals surface area contributed by atoms with E-state index in [-0.39, 0.29) is 11.0 Å². The first-order valence-electron chi connectivity index (χ1n) is 6.38. The molecule has 1 heterocycles. The van der Waals surface area contributed by atoms with Crippen molar-refractivity contribution < 1.29 is 8.78 Å². The SMILES string of the molecule is CC(C)(C)c1csc(C(N)c2cccc(C(F)F)c2)n1. The van der Waals surface area contributed by atoms with Crippen LogP contribution < -0.4 is 5.73 Å². The number of hydrogen-bond acceptors (Lipinski definition) is 3. The van der Waals surface area contributed by atoms with Crippen molar-refractivity contribution >= 4 is 11.3 Å². The smallest absolute Gasteiger partial charge is 0.263 e. The summed E-state index contributed by atoms with van der Waals surface area (Å²) in [4.78, 5) is 4.54. The third kappa shape index (κ3) is 3.22. The van der Waals surface area contributed by atoms with Crippen LogP contribution in [0, 0.1) is 0 Å². The fourth-order valence-corrected chi connectivity index (χ4v) is 2.88. The maximum Gasteiger partial charge on any atom is 0.263 e. The van der Waals surface area contributed by atoms with E-state index in [4.69, 9.17) is 5.73 Å². The molecule has 2 aromatic rings. The van der Waals surface area contributed by atoms with Crippen molar-refractivity contribution in [2.24, 2.45) is 5.73 Å². The molecule has 1 unspecified atom stereocenters. The Hall–Kier alpha value is -1.33. The van der Waals surface area contributed by atoms with E-state index in [2.05, 4.69) is 25.8 Å². The maximum absolute atomic E-state index is 12.7. The molecule has 0 aliphatic rings. The lowest BCUT2D eigenvalue weighted by molar-refractivity contribution is 0.151. The molecule has 0 radical (unpaired) electrons. The van der Waals surface area contributed by atoms with E-state index in [1.54, 1.807) is 12.1 Å². The molecule has 2 nitrogen and oxygen atoms in total. The monoisotopic (exact) mass is 296 g/mol. The van der Waals surface area contributed by atoms with Crippen molar-refractivity contribution in [1.29, 1.82) is 0 Å². The molecule has 108 valence electrons. The van der Waals surface area contributed by atoms with Gasteiger partial charge in [0.2, 0.25) is 0 Å². The Morgan fingerprint density at radius 1 is 1.20 bits per heavy atom. The van der Waals surface area contributed by atoms with Gasteiger partial charge in [0.1, 0.15) is 5.01 Å². The molecule has 0 bridgehead atoms. The summed E-state index contributed by atoms with van der Waals surface area (Å²) >= 11 is 1.47. The highest BCUT2D eigenvalue weighted by atomic mass is 32.1. The van der Waals surface area contributed by atoms with Crippen LogP contribution >= 0.6 is 11.3 Å². The molecule has 2 rings (SSSR count). The summed E-state index contributed by atoms with van der Waals surface area (Å²) in [6.45, 7) is 6.23. The Morgan fingerprint density at radius 3 is 2.40 bits per heavy atom. The highest BCUT2D eigenvalue weighted by Crippen LogP contribution is 2.30. The van der Waals surface area contributed by atoms with E-state index in [1.165, 1.54) is 23.5 Å². The van der Waals surface area contributed by atoms with Gasteiger partial charge in [-0.1, -0.05) is 39.0 Å². The summed E-state index contributed by atoms with van der Waals surface area (Å²) in [6, 6.07) is 5.76. The number of aromatic nitrogens is 1. The standard InChI is InChI=1S/C15H18F2N2S/c1-15(2,3)11-8-20-14(19-11)12(18)9-5-4-6-10(7-9)13(16)17/h4-8,12-13H,18H2,1-3H3. The first-order valence-corrected chi connectivity index (χ1v) is 7.26. The third-order valence-corrected chi connectivity index (χ3v) is 4.01. The van der Waals surface area contributed by atoms with Gasteiger partial charge in [0.15, 0.2) is 0 Å². The van der Waals surface area contributed by atoms with Gasteiger partial charge < -0.3 is 5.73 Å². The molecule has 1 aromatic carbocycles. The molecule has 0 aliphatic carbocycles. The first kappa shape index (κ1) is 15.1. The summed E-state index contributed by atoms with van der Waals surface area (Å²) in [5.74, 6) is 0. The van der Waals surface area contributed by atoms with Gasteiger partial charge in [-0.05, 0) is 11.6 Å². The van der Waals surface area contributed by atoms with Gasteiger partial charge in [0.25, 0.3) is 6.43 Å². The molecule has 20 heavy (non-hydrogen) atoms. The van der Waals surface area contributed by atoms with Crippen LogP contribution in [0.2, 0.25) is 0 Å². The van der Waals surface area contributed by atoms with Crippen LogP contribution in [0.25, 0.3) is 0 Å². The average molecular weight is 296 g/mol. The summed E-state index contributed by atoms with van der Waals surface area (Å²) in [5, 5.41) is 2.73. The van der Waals surface area contributed by atoms with Gasteiger partial charge in [0, 0.05) is 16.4 Å². The van der Waals surface area contributed by atoms with Gasteiger partial charge in [0.05, 0.1) is 11.7 Å². The number of halogens is 2. The molecule has 0 saturated carbocycles. The van der Waals surface area contributed by atoms with E-state index < -0.39 is 12.5 Å². The Kier molecular flexibility index (Phi) is 4.20. The Bertz CT molecular complexity index is 588. The minimum Gasteiger partial charge on any atom is -0.318 e. The van der Waals surface area contributed by atoms with Crippen molar-refractivity contribution in [2.45, 2.75) is 38.7 Å². The minimum absolute atomic E-state index is 0.00875. The molecule has 0 fully saturated rings. The van der Waals surface area contributed by atoms with Crippen LogP contribution in [0.1, 0.15) is 55.1 Å². The molecule has 2 N–H and O–H groups in total. The quantitative estimate of drug-likeness (QED) is 0.910. The van der Waals surface area contributed by atoms with Gasteiger partial charge in [-0.15, -0.1) is 11.3 Å². The number of benzene rings is 1. The van der Waals surface area contributed by atoms with Crippen molar-refractivity contribution in [3.63, 3.8) is 0 Å². The first-order chi connectivity index (χ1) is 9.29. The van der Waals surface area contributed by atoms with Crippen molar-refractivity contribution in [1.82, 2.24) is 4.98 Å². The summed E-state index contributed by atoms with van der Waals surface area (Å²) in [5.41, 5.74) is 7.73. The van der Waals surface area contributed by atoms with E-state index in [9.17, 15) is 8.78 Å². The topological polar surface area (TPSA) is 38.9 Å². The van der Waals surface area contributed by atoms with Crippen LogP contribution in [0.15, 0.2) is 29.6 Å². The van der Waals surface area contributed by atoms with Crippen LogP contribution in [-0.4, -0.2) is 4.98 Å². The Balaban J connectivity index is 2.29. The summed E-state index contributed by atoms with van der Waals surface area (Å²) < 4.78 is 25.4. The molecule has 0 spiro atoms. The molecular weight excluding hydrogens is 278 g/mol.